The van der Waals surface area contributed by atoms with Gasteiger partial charge in [0.1, 0.15) is 18.1 Å². The van der Waals surface area contributed by atoms with Crippen molar-refractivity contribution in [3.05, 3.63) is 0 Å². The average Bonchev–Trinajstić information content (AvgIpc) is 2.66. The van der Waals surface area contributed by atoms with E-state index in [1.807, 2.05) is 20.1 Å². The summed E-state index contributed by atoms with van der Waals surface area (Å²) in [6.45, 7) is 3.73. The molecule has 4 atom stereocenters. The summed E-state index contributed by atoms with van der Waals surface area (Å²) in [6.07, 6.45) is 2.65. The molecule has 0 spiro atoms. The Hall–Kier alpha value is -1.11. The first-order valence-electron chi connectivity index (χ1n) is 9.17. The summed E-state index contributed by atoms with van der Waals surface area (Å²) in [7, 11) is 0. The van der Waals surface area contributed by atoms with E-state index in [0.29, 0.717) is 12.2 Å². The largest absolute Gasteiger partial charge is 0.480 e. The summed E-state index contributed by atoms with van der Waals surface area (Å²) >= 11 is 9.57. The second-order valence-corrected chi connectivity index (χ2v) is 8.62. The maximum atomic E-state index is 12.6. The Morgan fingerprint density at radius 1 is 0.931 bits per heavy atom. The van der Waals surface area contributed by atoms with E-state index in [4.69, 9.17) is 10.8 Å². The highest BCUT2D eigenvalue weighted by atomic mass is 32.2. The van der Waals surface area contributed by atoms with Gasteiger partial charge in [0.25, 0.3) is 0 Å². The van der Waals surface area contributed by atoms with Crippen molar-refractivity contribution in [2.75, 3.05) is 23.5 Å². The Balaban J connectivity index is 5.10. The summed E-state index contributed by atoms with van der Waals surface area (Å²) in [4.78, 5) is 48.4. The third-order valence-electron chi connectivity index (χ3n) is 3.92. The number of thioether (sulfide) groups is 1. The van der Waals surface area contributed by atoms with E-state index in [9.17, 15) is 19.2 Å². The lowest BCUT2D eigenvalue weighted by Gasteiger charge is -2.25. The van der Waals surface area contributed by atoms with Crippen LogP contribution < -0.4 is 21.7 Å². The van der Waals surface area contributed by atoms with Crippen LogP contribution in [0.1, 0.15) is 26.7 Å². The number of hydrogen-bond acceptors (Lipinski definition) is 8. The molecule has 0 aromatic rings. The second-order valence-electron chi connectivity index (χ2n) is 6.90. The van der Waals surface area contributed by atoms with Crippen molar-refractivity contribution in [1.29, 1.82) is 0 Å². The molecule has 0 aliphatic rings. The first kappa shape index (κ1) is 27.9. The van der Waals surface area contributed by atoms with Crippen molar-refractivity contribution in [2.45, 2.75) is 50.9 Å². The number of carbonyl (C=O) groups is 4. The van der Waals surface area contributed by atoms with Crippen LogP contribution in [-0.4, -0.2) is 76.5 Å². The zero-order valence-electron chi connectivity index (χ0n) is 16.9. The van der Waals surface area contributed by atoms with Crippen LogP contribution in [0.3, 0.4) is 0 Å². The molecule has 0 fully saturated rings. The van der Waals surface area contributed by atoms with Gasteiger partial charge in [-0.15, -0.1) is 0 Å². The van der Waals surface area contributed by atoms with Gasteiger partial charge in [0.2, 0.25) is 17.7 Å². The van der Waals surface area contributed by atoms with E-state index in [2.05, 4.69) is 41.2 Å². The number of amides is 3. The molecule has 29 heavy (non-hydrogen) atoms. The zero-order valence-corrected chi connectivity index (χ0v) is 19.5. The average molecular weight is 469 g/mol. The summed E-state index contributed by atoms with van der Waals surface area (Å²) < 4.78 is 0. The molecule has 0 bridgehead atoms. The Kier molecular flexibility index (Phi) is 14.2. The number of aliphatic carboxylic acids is 1. The third kappa shape index (κ3) is 11.0. The highest BCUT2D eigenvalue weighted by Gasteiger charge is 2.29. The predicted molar refractivity (Wildman–Crippen MR) is 122 cm³/mol. The van der Waals surface area contributed by atoms with Gasteiger partial charge in [-0.05, 0) is 30.8 Å². The lowest BCUT2D eigenvalue weighted by molar-refractivity contribution is -0.141. The van der Waals surface area contributed by atoms with Gasteiger partial charge in [0.15, 0.2) is 0 Å². The van der Waals surface area contributed by atoms with Crippen molar-refractivity contribution in [3.63, 3.8) is 0 Å². The van der Waals surface area contributed by atoms with Gasteiger partial charge in [0, 0.05) is 11.5 Å². The molecule has 0 aromatic heterocycles. The van der Waals surface area contributed by atoms with Crippen molar-refractivity contribution in [2.24, 2.45) is 11.7 Å². The van der Waals surface area contributed by atoms with E-state index in [-0.39, 0.29) is 23.8 Å². The molecule has 0 saturated heterocycles. The Morgan fingerprint density at radius 3 is 1.86 bits per heavy atom. The van der Waals surface area contributed by atoms with Gasteiger partial charge in [-0.25, -0.2) is 4.79 Å². The van der Waals surface area contributed by atoms with Crippen LogP contribution in [0.4, 0.5) is 0 Å². The van der Waals surface area contributed by atoms with Crippen molar-refractivity contribution in [3.8, 4) is 0 Å². The summed E-state index contributed by atoms with van der Waals surface area (Å²) in [5.74, 6) is -2.24. The van der Waals surface area contributed by atoms with Gasteiger partial charge in [0.05, 0.1) is 6.04 Å². The Morgan fingerprint density at radius 2 is 1.41 bits per heavy atom. The predicted octanol–water partition coefficient (Wildman–Crippen LogP) is -0.488. The smallest absolute Gasteiger partial charge is 0.327 e. The second kappa shape index (κ2) is 14.8. The van der Waals surface area contributed by atoms with Crippen molar-refractivity contribution >= 4 is 60.7 Å². The number of carboxylic acids is 1. The molecule has 168 valence electrons. The zero-order chi connectivity index (χ0) is 22.6. The lowest BCUT2D eigenvalue weighted by atomic mass is 10.0. The molecule has 4 unspecified atom stereocenters. The van der Waals surface area contributed by atoms with E-state index < -0.39 is 47.9 Å². The molecule has 0 aliphatic heterocycles. The Labute approximate surface area is 186 Å². The molecule has 3 amide bonds. The monoisotopic (exact) mass is 468 g/mol. The number of thiol groups is 2. The molecular formula is C17H32N4O5S3. The SMILES string of the molecule is CSCCC(N)C(=O)NC(CS)C(=O)NC(CC(C)C)C(=O)NC(CS)C(=O)O. The summed E-state index contributed by atoms with van der Waals surface area (Å²) in [5, 5.41) is 16.6. The fourth-order valence-corrected chi connectivity index (χ4v) is 3.28. The van der Waals surface area contributed by atoms with Crippen LogP contribution >= 0.6 is 37.0 Å². The van der Waals surface area contributed by atoms with E-state index in [1.165, 1.54) is 0 Å². The minimum Gasteiger partial charge on any atom is -0.480 e. The first-order valence-corrected chi connectivity index (χ1v) is 11.8. The summed E-state index contributed by atoms with van der Waals surface area (Å²) in [5.41, 5.74) is 5.81. The maximum Gasteiger partial charge on any atom is 0.327 e. The quantitative estimate of drug-likeness (QED) is 0.170. The molecule has 6 N–H and O–H groups in total. The topological polar surface area (TPSA) is 151 Å². The molecule has 12 heteroatoms. The molecular weight excluding hydrogens is 436 g/mol. The molecule has 0 aliphatic carbocycles. The molecule has 0 aromatic carbocycles. The van der Waals surface area contributed by atoms with Gasteiger partial charge in [-0.2, -0.15) is 37.0 Å². The number of nitrogens with one attached hydrogen (secondary N) is 3. The molecule has 9 nitrogen and oxygen atoms in total. The fraction of sp³-hybridized carbons (Fsp3) is 0.765. The van der Waals surface area contributed by atoms with E-state index in [1.54, 1.807) is 11.8 Å². The number of nitrogens with two attached hydrogens (primary N) is 1. The number of carboxylic acid groups (broad SMARTS) is 1. The van der Waals surface area contributed by atoms with Gasteiger partial charge in [-0.3, -0.25) is 14.4 Å². The highest BCUT2D eigenvalue weighted by Crippen LogP contribution is 2.07. The van der Waals surface area contributed by atoms with Crippen LogP contribution in [0.2, 0.25) is 0 Å². The normalized spacial score (nSPS) is 15.1. The number of carbonyl (C=O) groups excluding carboxylic acids is 3. The minimum absolute atomic E-state index is 0.0111. The molecule has 0 heterocycles. The standard InChI is InChI=1S/C17H32N4O5S3/c1-9(2)6-11(15(23)21-13(8-28)17(25)26)19-16(24)12(7-27)20-14(22)10(18)4-5-29-3/h9-13,27-28H,4-8,18H2,1-3H3,(H,19,24)(H,20,22)(H,21,23)(H,25,26). The van der Waals surface area contributed by atoms with Gasteiger partial charge < -0.3 is 26.8 Å². The molecule has 0 rings (SSSR count). The van der Waals surface area contributed by atoms with E-state index in [0.717, 1.165) is 0 Å². The first-order chi connectivity index (χ1) is 13.6. The molecule has 0 radical (unpaired) electrons. The summed E-state index contributed by atoms with van der Waals surface area (Å²) in [6, 6.07) is -3.87. The molecule has 0 saturated carbocycles. The van der Waals surface area contributed by atoms with Gasteiger partial charge in [-0.1, -0.05) is 13.8 Å². The van der Waals surface area contributed by atoms with E-state index >= 15 is 0 Å². The highest BCUT2D eigenvalue weighted by molar-refractivity contribution is 7.98. The van der Waals surface area contributed by atoms with Gasteiger partial charge >= 0.3 is 5.97 Å². The van der Waals surface area contributed by atoms with Crippen LogP contribution in [0.5, 0.6) is 0 Å². The fourth-order valence-electron chi connectivity index (χ4n) is 2.28. The van der Waals surface area contributed by atoms with Crippen LogP contribution in [-0.2, 0) is 19.2 Å². The number of hydrogen-bond donors (Lipinski definition) is 7. The van der Waals surface area contributed by atoms with Crippen molar-refractivity contribution < 1.29 is 24.3 Å². The van der Waals surface area contributed by atoms with Crippen LogP contribution in [0.25, 0.3) is 0 Å². The Bertz CT molecular complexity index is 565. The maximum absolute atomic E-state index is 12.6. The lowest BCUT2D eigenvalue weighted by Crippen LogP contribution is -2.58. The minimum atomic E-state index is -1.22. The van der Waals surface area contributed by atoms with Crippen LogP contribution in [0, 0.1) is 5.92 Å². The van der Waals surface area contributed by atoms with Crippen LogP contribution in [0.15, 0.2) is 0 Å². The van der Waals surface area contributed by atoms with Crippen molar-refractivity contribution in [1.82, 2.24) is 16.0 Å². The number of rotatable bonds is 14. The third-order valence-corrected chi connectivity index (χ3v) is 5.30.